The van der Waals surface area contributed by atoms with Crippen molar-refractivity contribution in [2.24, 2.45) is 0 Å². The van der Waals surface area contributed by atoms with Gasteiger partial charge >= 0.3 is 0 Å². The second-order valence-corrected chi connectivity index (χ2v) is 22.4. The van der Waals surface area contributed by atoms with Crippen LogP contribution in [0.4, 0.5) is 0 Å². The fourth-order valence-corrected chi connectivity index (χ4v) is 10.6. The van der Waals surface area contributed by atoms with Gasteiger partial charge in [0.25, 0.3) is 0 Å². The summed E-state index contributed by atoms with van der Waals surface area (Å²) in [6.45, 7) is 18.8. The van der Waals surface area contributed by atoms with Crippen molar-refractivity contribution in [3.63, 3.8) is 0 Å². The van der Waals surface area contributed by atoms with Crippen molar-refractivity contribution in [3.05, 3.63) is 48.5 Å². The van der Waals surface area contributed by atoms with Crippen LogP contribution in [0.3, 0.4) is 0 Å². The lowest BCUT2D eigenvalue weighted by atomic mass is 10.1. The molecule has 0 N–H and O–H groups in total. The van der Waals surface area contributed by atoms with Gasteiger partial charge in [-0.3, -0.25) is 0 Å². The Hall–Kier alpha value is -0.880. The molecule has 0 heterocycles. The van der Waals surface area contributed by atoms with Crippen LogP contribution in [0.2, 0.25) is 0 Å². The fraction of sp³-hybridized carbons (Fsp3) is 0.571. The number of benzene rings is 2. The number of rotatable bonds is 11. The van der Waals surface area contributed by atoms with E-state index in [0.717, 1.165) is 24.3 Å². The molecule has 0 saturated heterocycles. The minimum atomic E-state index is -4.50. The summed E-state index contributed by atoms with van der Waals surface area (Å²) in [6.07, 6.45) is 11.6. The molecule has 218 valence electrons. The highest BCUT2D eigenvalue weighted by Crippen LogP contribution is 2.57. The molecule has 2 aromatic rings. The first kappa shape index (κ1) is 37.1. The predicted octanol–water partition coefficient (Wildman–Crippen LogP) is 7.33. The molecule has 0 aliphatic carbocycles. The smallest absolute Gasteiger partial charge is 0.124 e. The summed E-state index contributed by atoms with van der Waals surface area (Å²) in [5.74, 6) is 0. The molecule has 0 aliphatic rings. The van der Waals surface area contributed by atoms with Gasteiger partial charge in [0.2, 0.25) is 0 Å². The second kappa shape index (κ2) is 17.0. The topological polar surface area (TPSA) is 114 Å². The maximum atomic E-state index is 10.8. The van der Waals surface area contributed by atoms with E-state index in [4.69, 9.17) is 0 Å². The van der Waals surface area contributed by atoms with Gasteiger partial charge in [0.15, 0.2) is 0 Å². The maximum Gasteiger partial charge on any atom is 0.124 e. The van der Waals surface area contributed by atoms with Crippen molar-refractivity contribution >= 4 is 34.8 Å². The Morgan fingerprint density at radius 1 is 0.447 bits per heavy atom. The van der Waals surface area contributed by atoms with Crippen molar-refractivity contribution in [2.45, 2.75) is 65.2 Å². The first-order chi connectivity index (χ1) is 17.7. The van der Waals surface area contributed by atoms with Crippen LogP contribution in [-0.2, 0) is 20.2 Å². The summed E-state index contributed by atoms with van der Waals surface area (Å²) < 4.78 is 64.7. The lowest BCUT2D eigenvalue weighted by Crippen LogP contribution is -2.04. The zero-order valence-corrected chi connectivity index (χ0v) is 27.9. The molecule has 0 atom stereocenters. The van der Waals surface area contributed by atoms with Crippen LogP contribution in [0.5, 0.6) is 0 Å². The summed E-state index contributed by atoms with van der Waals surface area (Å²) >= 11 is 0. The van der Waals surface area contributed by atoms with E-state index in [0.29, 0.717) is 11.1 Å². The molecule has 0 amide bonds. The highest BCUT2D eigenvalue weighted by molar-refractivity contribution is 7.86. The van der Waals surface area contributed by atoms with Crippen molar-refractivity contribution in [1.82, 2.24) is 0 Å². The van der Waals surface area contributed by atoms with Gasteiger partial charge in [-0.15, -0.1) is 0 Å². The Kier molecular flexibility index (Phi) is 16.7. The van der Waals surface area contributed by atoms with E-state index in [1.54, 1.807) is 0 Å². The Labute approximate surface area is 234 Å². The normalized spacial score (nSPS) is 12.2. The van der Waals surface area contributed by atoms with Gasteiger partial charge in [0.05, 0.1) is 59.1 Å². The van der Waals surface area contributed by atoms with Gasteiger partial charge in [0.1, 0.15) is 20.2 Å². The zero-order chi connectivity index (χ0) is 29.6. The van der Waals surface area contributed by atoms with Crippen LogP contribution >= 0.6 is 14.5 Å². The summed E-state index contributed by atoms with van der Waals surface area (Å²) in [7, 11) is -9.84. The quantitative estimate of drug-likeness (QED) is 0.195. The summed E-state index contributed by atoms with van der Waals surface area (Å²) in [4.78, 5) is -0.694. The van der Waals surface area contributed by atoms with E-state index in [2.05, 4.69) is 55.4 Å². The van der Waals surface area contributed by atoms with Crippen LogP contribution in [-0.4, -0.2) is 75.2 Å². The minimum Gasteiger partial charge on any atom is -0.744 e. The Balaban J connectivity index is 0.000000636. The third-order valence-corrected chi connectivity index (χ3v) is 20.4. The molecule has 0 fully saturated rings. The van der Waals surface area contributed by atoms with Crippen LogP contribution in [0.25, 0.3) is 11.1 Å². The molecule has 0 unspecified atom stereocenters. The van der Waals surface area contributed by atoms with E-state index in [1.165, 1.54) is 73.6 Å². The molecule has 6 nitrogen and oxygen atoms in total. The predicted molar refractivity (Wildman–Crippen MR) is 166 cm³/mol. The van der Waals surface area contributed by atoms with E-state index < -0.39 is 34.8 Å². The largest absolute Gasteiger partial charge is 0.744 e. The van der Waals surface area contributed by atoms with Crippen molar-refractivity contribution in [2.75, 3.05) is 49.3 Å². The highest BCUT2D eigenvalue weighted by atomic mass is 32.2. The van der Waals surface area contributed by atoms with Gasteiger partial charge in [-0.1, -0.05) is 24.3 Å². The Morgan fingerprint density at radius 3 is 0.737 bits per heavy atom. The molecule has 38 heavy (non-hydrogen) atoms. The van der Waals surface area contributed by atoms with E-state index in [9.17, 15) is 25.9 Å². The highest BCUT2D eigenvalue weighted by Gasteiger charge is 2.28. The lowest BCUT2D eigenvalue weighted by Gasteiger charge is -2.20. The van der Waals surface area contributed by atoms with E-state index in [-0.39, 0.29) is 9.79 Å². The molecular formula is C28H48O6P2S2. The maximum absolute atomic E-state index is 10.8. The van der Waals surface area contributed by atoms with Gasteiger partial charge < -0.3 is 9.11 Å². The van der Waals surface area contributed by atoms with Crippen LogP contribution < -0.4 is 0 Å². The van der Waals surface area contributed by atoms with Gasteiger partial charge in [-0.2, -0.15) is 0 Å². The number of hydrogen-bond donors (Lipinski definition) is 0. The standard InChI is InChI=1S/C12H10O6S2.2C8H20P/c13-19(14,15)11-5-1-9(2-6-11)10-3-7-12(8-4-10)20(16,17)18;2*1-5-9(6-2,7-3)8-4/h1-8H,(H,13,14,15)(H,16,17,18);2*5-8H2,1-4H3/q;2*+1/p-2. The number of hydrogen-bond acceptors (Lipinski definition) is 6. The fourth-order valence-electron chi connectivity index (χ4n) is 4.31. The Morgan fingerprint density at radius 2 is 0.632 bits per heavy atom. The summed E-state index contributed by atoms with van der Waals surface area (Å²) in [5, 5.41) is 0. The SMILES string of the molecule is CC[P+](CC)(CC)CC.CC[P+](CC)(CC)CC.O=S(=O)([O-])c1ccc(-c2ccc(S(=O)(=O)[O-])cc2)cc1. The summed E-state index contributed by atoms with van der Waals surface area (Å²) in [6, 6.07) is 10.3. The molecule has 10 heteroatoms. The Bertz CT molecular complexity index is 1010. The molecule has 0 aliphatic heterocycles. The summed E-state index contributed by atoms with van der Waals surface area (Å²) in [5.41, 5.74) is 1.18. The van der Waals surface area contributed by atoms with Gasteiger partial charge in [-0.25, -0.2) is 16.8 Å². The monoisotopic (exact) mass is 606 g/mol. The first-order valence-corrected chi connectivity index (χ1v) is 21.4. The van der Waals surface area contributed by atoms with Crippen molar-refractivity contribution < 1.29 is 25.9 Å². The van der Waals surface area contributed by atoms with Gasteiger partial charge in [0, 0.05) is 14.5 Å². The third-order valence-electron chi connectivity index (χ3n) is 7.99. The second-order valence-electron chi connectivity index (χ2n) is 9.17. The van der Waals surface area contributed by atoms with Crippen molar-refractivity contribution in [3.8, 4) is 11.1 Å². The lowest BCUT2D eigenvalue weighted by molar-refractivity contribution is 0.461. The molecule has 0 radical (unpaired) electrons. The van der Waals surface area contributed by atoms with Crippen LogP contribution in [0, 0.1) is 0 Å². The van der Waals surface area contributed by atoms with Crippen LogP contribution in [0.15, 0.2) is 58.3 Å². The van der Waals surface area contributed by atoms with Gasteiger partial charge in [-0.05, 0) is 90.8 Å². The van der Waals surface area contributed by atoms with E-state index >= 15 is 0 Å². The van der Waals surface area contributed by atoms with Crippen LogP contribution in [0.1, 0.15) is 55.4 Å². The first-order valence-electron chi connectivity index (χ1n) is 13.5. The minimum absolute atomic E-state index is 0.347. The molecule has 0 aromatic heterocycles. The molecule has 2 rings (SSSR count). The molecule has 0 bridgehead atoms. The molecule has 2 aromatic carbocycles. The molecule has 0 saturated carbocycles. The zero-order valence-electron chi connectivity index (χ0n) is 24.4. The third kappa shape index (κ3) is 11.7. The molecular weight excluding hydrogens is 558 g/mol. The van der Waals surface area contributed by atoms with Crippen molar-refractivity contribution in [1.29, 1.82) is 0 Å². The average molecular weight is 607 g/mol. The molecule has 0 spiro atoms. The average Bonchev–Trinajstić information content (AvgIpc) is 2.92. The van der Waals surface area contributed by atoms with E-state index in [1.807, 2.05) is 0 Å².